The maximum absolute atomic E-state index is 12.4. The van der Waals surface area contributed by atoms with Crippen molar-refractivity contribution in [2.75, 3.05) is 13.2 Å². The van der Waals surface area contributed by atoms with Crippen molar-refractivity contribution in [3.8, 4) is 17.2 Å². The Morgan fingerprint density at radius 1 is 1.12 bits per heavy atom. The zero-order chi connectivity index (χ0) is 17.8. The van der Waals surface area contributed by atoms with Crippen LogP contribution in [-0.4, -0.2) is 25.2 Å². The van der Waals surface area contributed by atoms with Gasteiger partial charge in [0, 0.05) is 5.02 Å². The Morgan fingerprint density at radius 3 is 2.64 bits per heavy atom. The first-order chi connectivity index (χ1) is 12.0. The van der Waals surface area contributed by atoms with E-state index in [0.717, 1.165) is 11.3 Å². The van der Waals surface area contributed by atoms with Crippen LogP contribution in [-0.2, 0) is 4.79 Å². The fourth-order valence-corrected chi connectivity index (χ4v) is 2.72. The van der Waals surface area contributed by atoms with Crippen molar-refractivity contribution in [1.82, 2.24) is 5.32 Å². The Bertz CT molecular complexity index is 765. The van der Waals surface area contributed by atoms with Crippen molar-refractivity contribution in [2.24, 2.45) is 0 Å². The highest BCUT2D eigenvalue weighted by atomic mass is 35.5. The third-order valence-corrected chi connectivity index (χ3v) is 4.14. The third kappa shape index (κ3) is 4.37. The summed E-state index contributed by atoms with van der Waals surface area (Å²) >= 11 is 5.93. The van der Waals surface area contributed by atoms with Gasteiger partial charge in [-0.3, -0.25) is 4.79 Å². The topological polar surface area (TPSA) is 56.8 Å². The molecule has 0 saturated heterocycles. The van der Waals surface area contributed by atoms with Gasteiger partial charge in [0.15, 0.2) is 17.6 Å². The summed E-state index contributed by atoms with van der Waals surface area (Å²) in [5, 5.41) is 3.51. The van der Waals surface area contributed by atoms with E-state index in [1.54, 1.807) is 31.2 Å². The molecule has 0 saturated carbocycles. The van der Waals surface area contributed by atoms with Crippen molar-refractivity contribution in [3.63, 3.8) is 0 Å². The number of nitrogens with one attached hydrogen (secondary N) is 1. The van der Waals surface area contributed by atoms with Crippen LogP contribution in [0.1, 0.15) is 25.5 Å². The average molecular weight is 362 g/mol. The second-order valence-electron chi connectivity index (χ2n) is 5.85. The highest BCUT2D eigenvalue weighted by molar-refractivity contribution is 6.30. The maximum atomic E-state index is 12.4. The zero-order valence-corrected chi connectivity index (χ0v) is 14.9. The molecule has 0 aliphatic carbocycles. The summed E-state index contributed by atoms with van der Waals surface area (Å²) in [6.07, 6.45) is -0.641. The first-order valence-electron chi connectivity index (χ1n) is 8.15. The van der Waals surface area contributed by atoms with E-state index in [1.165, 1.54) is 0 Å². The van der Waals surface area contributed by atoms with E-state index >= 15 is 0 Å². The molecule has 6 heteroatoms. The van der Waals surface area contributed by atoms with Crippen LogP contribution in [0.15, 0.2) is 42.5 Å². The molecular weight excluding hydrogens is 342 g/mol. The van der Waals surface area contributed by atoms with Gasteiger partial charge in [-0.25, -0.2) is 0 Å². The molecule has 5 nitrogen and oxygen atoms in total. The monoisotopic (exact) mass is 361 g/mol. The Labute approximate surface area is 151 Å². The number of hydrogen-bond donors (Lipinski definition) is 1. The predicted octanol–water partition coefficient (Wildman–Crippen LogP) is 3.76. The van der Waals surface area contributed by atoms with Crippen LogP contribution in [0.4, 0.5) is 0 Å². The lowest BCUT2D eigenvalue weighted by Crippen LogP contribution is -2.37. The molecule has 1 heterocycles. The van der Waals surface area contributed by atoms with Gasteiger partial charge in [-0.05, 0) is 49.7 Å². The van der Waals surface area contributed by atoms with Crippen molar-refractivity contribution in [2.45, 2.75) is 26.0 Å². The average Bonchev–Trinajstić information content (AvgIpc) is 2.61. The normalized spacial score (nSPS) is 15.2. The molecule has 25 heavy (non-hydrogen) atoms. The van der Waals surface area contributed by atoms with Crippen LogP contribution in [0.25, 0.3) is 0 Å². The Morgan fingerprint density at radius 2 is 1.88 bits per heavy atom. The summed E-state index contributed by atoms with van der Waals surface area (Å²) in [6.45, 7) is 4.70. The Balaban J connectivity index is 1.61. The van der Waals surface area contributed by atoms with Gasteiger partial charge in [-0.1, -0.05) is 23.7 Å². The van der Waals surface area contributed by atoms with Crippen LogP contribution >= 0.6 is 11.6 Å². The molecule has 0 spiro atoms. The minimum atomic E-state index is -0.641. The maximum Gasteiger partial charge on any atom is 0.261 e. The molecule has 1 aliphatic rings. The minimum absolute atomic E-state index is 0.186. The van der Waals surface area contributed by atoms with Gasteiger partial charge < -0.3 is 19.5 Å². The first kappa shape index (κ1) is 17.4. The molecule has 1 amide bonds. The van der Waals surface area contributed by atoms with Crippen molar-refractivity contribution < 1.29 is 19.0 Å². The molecule has 0 bridgehead atoms. The molecule has 0 unspecified atom stereocenters. The van der Waals surface area contributed by atoms with Crippen molar-refractivity contribution in [1.29, 1.82) is 0 Å². The van der Waals surface area contributed by atoms with E-state index in [2.05, 4.69) is 5.32 Å². The summed E-state index contributed by atoms with van der Waals surface area (Å²) in [4.78, 5) is 12.4. The van der Waals surface area contributed by atoms with Gasteiger partial charge in [0.1, 0.15) is 19.0 Å². The number of carbonyl (C=O) groups is 1. The second kappa shape index (κ2) is 7.66. The van der Waals surface area contributed by atoms with Gasteiger partial charge in [0.05, 0.1) is 6.04 Å². The number of amides is 1. The summed E-state index contributed by atoms with van der Waals surface area (Å²) in [5.41, 5.74) is 0.938. The first-order valence-corrected chi connectivity index (χ1v) is 8.53. The van der Waals surface area contributed by atoms with Crippen LogP contribution in [0.5, 0.6) is 17.2 Å². The van der Waals surface area contributed by atoms with Gasteiger partial charge in [-0.15, -0.1) is 0 Å². The molecule has 1 N–H and O–H groups in total. The molecule has 3 rings (SSSR count). The highest BCUT2D eigenvalue weighted by Gasteiger charge is 2.19. The fraction of sp³-hybridized carbons (Fsp3) is 0.316. The van der Waals surface area contributed by atoms with Crippen molar-refractivity contribution >= 4 is 17.5 Å². The molecule has 2 atom stereocenters. The highest BCUT2D eigenvalue weighted by Crippen LogP contribution is 2.32. The number of ether oxygens (including phenoxy) is 3. The SMILES string of the molecule is C[C@H](NC(=O)[C@@H](C)Oc1cccc(Cl)c1)c1ccc2c(c1)OCCO2. The Kier molecular flexibility index (Phi) is 5.34. The van der Waals surface area contributed by atoms with E-state index in [-0.39, 0.29) is 11.9 Å². The standard InChI is InChI=1S/C19H20ClNO4/c1-12(14-6-7-17-18(10-14)24-9-8-23-17)21-19(22)13(2)25-16-5-3-4-15(20)11-16/h3-7,10-13H,8-9H2,1-2H3,(H,21,22)/t12-,13+/m0/s1. The molecule has 2 aromatic rings. The summed E-state index contributed by atoms with van der Waals surface area (Å²) < 4.78 is 16.7. The van der Waals surface area contributed by atoms with Crippen LogP contribution < -0.4 is 19.5 Å². The second-order valence-corrected chi connectivity index (χ2v) is 6.29. The molecule has 0 aromatic heterocycles. The lowest BCUT2D eigenvalue weighted by Gasteiger charge is -2.22. The Hall–Kier alpha value is -2.40. The zero-order valence-electron chi connectivity index (χ0n) is 14.1. The van der Waals surface area contributed by atoms with Gasteiger partial charge >= 0.3 is 0 Å². The largest absolute Gasteiger partial charge is 0.486 e. The minimum Gasteiger partial charge on any atom is -0.486 e. The van der Waals surface area contributed by atoms with Crippen LogP contribution in [0.2, 0.25) is 5.02 Å². The quantitative estimate of drug-likeness (QED) is 0.881. The number of rotatable bonds is 5. The molecule has 2 aromatic carbocycles. The van der Waals surface area contributed by atoms with Crippen LogP contribution in [0, 0.1) is 0 Å². The lowest BCUT2D eigenvalue weighted by molar-refractivity contribution is -0.127. The number of hydrogen-bond acceptors (Lipinski definition) is 4. The molecule has 1 aliphatic heterocycles. The number of carbonyl (C=O) groups excluding carboxylic acids is 1. The summed E-state index contributed by atoms with van der Waals surface area (Å²) in [5.74, 6) is 1.78. The molecule has 0 fully saturated rings. The molecule has 0 radical (unpaired) electrons. The third-order valence-electron chi connectivity index (χ3n) is 3.90. The van der Waals surface area contributed by atoms with Gasteiger partial charge in [0.2, 0.25) is 0 Å². The van der Waals surface area contributed by atoms with E-state index in [1.807, 2.05) is 25.1 Å². The smallest absolute Gasteiger partial charge is 0.261 e. The van der Waals surface area contributed by atoms with Crippen LogP contribution in [0.3, 0.4) is 0 Å². The van der Waals surface area contributed by atoms with Gasteiger partial charge in [-0.2, -0.15) is 0 Å². The fourth-order valence-electron chi connectivity index (χ4n) is 2.54. The van der Waals surface area contributed by atoms with Crippen molar-refractivity contribution in [3.05, 3.63) is 53.1 Å². The lowest BCUT2D eigenvalue weighted by atomic mass is 10.1. The predicted molar refractivity (Wildman–Crippen MR) is 95.5 cm³/mol. The summed E-state index contributed by atoms with van der Waals surface area (Å²) in [6, 6.07) is 12.5. The van der Waals surface area contributed by atoms with Gasteiger partial charge in [0.25, 0.3) is 5.91 Å². The number of halogens is 1. The molecule has 132 valence electrons. The van der Waals surface area contributed by atoms with E-state index in [0.29, 0.717) is 29.7 Å². The van der Waals surface area contributed by atoms with E-state index in [4.69, 9.17) is 25.8 Å². The van der Waals surface area contributed by atoms with E-state index in [9.17, 15) is 4.79 Å². The number of fused-ring (bicyclic) bond motifs is 1. The molecular formula is C19H20ClNO4. The van der Waals surface area contributed by atoms with E-state index < -0.39 is 6.10 Å². The summed E-state index contributed by atoms with van der Waals surface area (Å²) in [7, 11) is 0. The number of benzene rings is 2.